The van der Waals surface area contributed by atoms with E-state index in [2.05, 4.69) is 22.0 Å². The predicted octanol–water partition coefficient (Wildman–Crippen LogP) is 0.442. The van der Waals surface area contributed by atoms with E-state index in [1.165, 1.54) is 11.1 Å². The van der Waals surface area contributed by atoms with Gasteiger partial charge in [-0.2, -0.15) is 0 Å². The molecule has 3 amide bonds. The highest BCUT2D eigenvalue weighted by Crippen LogP contribution is 2.26. The zero-order valence-corrected chi connectivity index (χ0v) is 16.5. The van der Waals surface area contributed by atoms with E-state index in [9.17, 15) is 19.5 Å². The van der Waals surface area contributed by atoms with E-state index in [1.54, 1.807) is 0 Å². The summed E-state index contributed by atoms with van der Waals surface area (Å²) >= 11 is 0. The van der Waals surface area contributed by atoms with Crippen molar-refractivity contribution in [2.75, 3.05) is 6.54 Å². The zero-order valence-electron chi connectivity index (χ0n) is 16.5. The van der Waals surface area contributed by atoms with Crippen molar-refractivity contribution < 1.29 is 19.5 Å². The standard InChI is InChI=1S/C22H29N3O4/c26-19(22(29)24-17-7-8-17)18(12-16-9-10-23-20(16)27)25-21(28)15-6-5-13-3-1-2-4-14(13)11-15/h1-4,15-19,26H,5-12H2,(H,23,27)(H,24,29)(H,25,28)/t15-,16-,18-,19?/m0/s1. The van der Waals surface area contributed by atoms with Crippen LogP contribution in [0.5, 0.6) is 0 Å². The van der Waals surface area contributed by atoms with Crippen LogP contribution in [-0.4, -0.2) is 47.6 Å². The number of aryl methyl sites for hydroxylation is 1. The molecular formula is C22H29N3O4. The highest BCUT2D eigenvalue weighted by atomic mass is 16.3. The molecule has 2 fully saturated rings. The topological polar surface area (TPSA) is 108 Å². The third-order valence-electron chi connectivity index (χ3n) is 6.32. The van der Waals surface area contributed by atoms with Gasteiger partial charge in [-0.15, -0.1) is 0 Å². The van der Waals surface area contributed by atoms with Gasteiger partial charge < -0.3 is 21.1 Å². The monoisotopic (exact) mass is 399 g/mol. The average Bonchev–Trinajstić information content (AvgIpc) is 3.46. The molecule has 1 saturated carbocycles. The van der Waals surface area contributed by atoms with Crippen LogP contribution in [0.2, 0.25) is 0 Å². The van der Waals surface area contributed by atoms with Gasteiger partial charge in [-0.25, -0.2) is 0 Å². The van der Waals surface area contributed by atoms with Gasteiger partial charge in [0, 0.05) is 24.4 Å². The van der Waals surface area contributed by atoms with Crippen LogP contribution in [0.4, 0.5) is 0 Å². The van der Waals surface area contributed by atoms with Crippen molar-refractivity contribution in [1.29, 1.82) is 0 Å². The van der Waals surface area contributed by atoms with Crippen molar-refractivity contribution in [3.63, 3.8) is 0 Å². The van der Waals surface area contributed by atoms with Crippen molar-refractivity contribution in [1.82, 2.24) is 16.0 Å². The quantitative estimate of drug-likeness (QED) is 0.534. The molecular weight excluding hydrogens is 370 g/mol. The first-order chi connectivity index (χ1) is 14.0. The van der Waals surface area contributed by atoms with E-state index in [0.717, 1.165) is 25.7 Å². The van der Waals surface area contributed by atoms with Crippen molar-refractivity contribution in [3.05, 3.63) is 35.4 Å². The number of rotatable bonds is 7. The van der Waals surface area contributed by atoms with Gasteiger partial charge in [0.15, 0.2) is 6.10 Å². The summed E-state index contributed by atoms with van der Waals surface area (Å²) in [6, 6.07) is 7.48. The summed E-state index contributed by atoms with van der Waals surface area (Å²) in [4.78, 5) is 37.4. The summed E-state index contributed by atoms with van der Waals surface area (Å²) in [5.41, 5.74) is 2.46. The number of aliphatic hydroxyl groups is 1. The van der Waals surface area contributed by atoms with Crippen LogP contribution in [0, 0.1) is 11.8 Å². The van der Waals surface area contributed by atoms with Gasteiger partial charge in [0.2, 0.25) is 11.8 Å². The molecule has 1 saturated heterocycles. The highest BCUT2D eigenvalue weighted by Gasteiger charge is 2.37. The van der Waals surface area contributed by atoms with Crippen molar-refractivity contribution >= 4 is 17.7 Å². The number of carbonyl (C=O) groups excluding carboxylic acids is 3. The number of hydrogen-bond acceptors (Lipinski definition) is 4. The first kappa shape index (κ1) is 19.9. The van der Waals surface area contributed by atoms with E-state index in [4.69, 9.17) is 0 Å². The minimum absolute atomic E-state index is 0.0781. The molecule has 29 heavy (non-hydrogen) atoms. The fourth-order valence-corrected chi connectivity index (χ4v) is 4.36. The fraction of sp³-hybridized carbons (Fsp3) is 0.591. The Hall–Kier alpha value is -2.41. The predicted molar refractivity (Wildman–Crippen MR) is 107 cm³/mol. The summed E-state index contributed by atoms with van der Waals surface area (Å²) in [6.07, 6.45) is 3.63. The van der Waals surface area contributed by atoms with Gasteiger partial charge in [0.05, 0.1) is 6.04 Å². The molecule has 2 aliphatic carbocycles. The van der Waals surface area contributed by atoms with Crippen LogP contribution in [0.15, 0.2) is 24.3 Å². The van der Waals surface area contributed by atoms with Crippen LogP contribution in [0.3, 0.4) is 0 Å². The van der Waals surface area contributed by atoms with Gasteiger partial charge in [-0.1, -0.05) is 24.3 Å². The molecule has 0 aromatic heterocycles. The highest BCUT2D eigenvalue weighted by molar-refractivity contribution is 5.85. The van der Waals surface area contributed by atoms with Gasteiger partial charge in [0.1, 0.15) is 0 Å². The zero-order chi connectivity index (χ0) is 20.4. The Bertz CT molecular complexity index is 792. The largest absolute Gasteiger partial charge is 0.381 e. The van der Waals surface area contributed by atoms with Crippen molar-refractivity contribution in [2.45, 2.75) is 63.1 Å². The van der Waals surface area contributed by atoms with E-state index in [1.807, 2.05) is 18.2 Å². The maximum absolute atomic E-state index is 13.0. The lowest BCUT2D eigenvalue weighted by Crippen LogP contribution is -2.53. The van der Waals surface area contributed by atoms with Gasteiger partial charge in [0.25, 0.3) is 5.91 Å². The molecule has 4 N–H and O–H groups in total. The van der Waals surface area contributed by atoms with E-state index >= 15 is 0 Å². The van der Waals surface area contributed by atoms with Gasteiger partial charge in [-0.3, -0.25) is 14.4 Å². The Kier molecular flexibility index (Phi) is 5.85. The van der Waals surface area contributed by atoms with Gasteiger partial charge in [-0.05, 0) is 56.1 Å². The first-order valence-electron chi connectivity index (χ1n) is 10.6. The minimum Gasteiger partial charge on any atom is -0.381 e. The summed E-state index contributed by atoms with van der Waals surface area (Å²) in [5.74, 6) is -1.18. The normalized spacial score (nSPS) is 25.5. The Balaban J connectivity index is 1.43. The molecule has 0 spiro atoms. The van der Waals surface area contributed by atoms with Crippen LogP contribution < -0.4 is 16.0 Å². The molecule has 1 unspecified atom stereocenters. The summed E-state index contributed by atoms with van der Waals surface area (Å²) in [5, 5.41) is 19.1. The SMILES string of the molecule is O=C(NC1CC1)C(O)[C@H](C[C@@H]1CCNC1=O)NC(=O)[C@H]1CCc2ccccc2C1. The van der Waals surface area contributed by atoms with Crippen LogP contribution >= 0.6 is 0 Å². The van der Waals surface area contributed by atoms with Gasteiger partial charge >= 0.3 is 0 Å². The molecule has 1 aliphatic heterocycles. The molecule has 0 radical (unpaired) electrons. The molecule has 3 aliphatic rings. The molecule has 156 valence electrons. The lowest BCUT2D eigenvalue weighted by Gasteiger charge is -2.29. The summed E-state index contributed by atoms with van der Waals surface area (Å²) in [7, 11) is 0. The van der Waals surface area contributed by atoms with E-state index in [-0.39, 0.29) is 36.1 Å². The smallest absolute Gasteiger partial charge is 0.251 e. The maximum Gasteiger partial charge on any atom is 0.251 e. The Morgan fingerprint density at radius 3 is 2.59 bits per heavy atom. The van der Waals surface area contributed by atoms with Crippen molar-refractivity contribution in [2.24, 2.45) is 11.8 Å². The van der Waals surface area contributed by atoms with E-state index < -0.39 is 18.1 Å². The summed E-state index contributed by atoms with van der Waals surface area (Å²) in [6.45, 7) is 0.591. The van der Waals surface area contributed by atoms with Crippen LogP contribution in [-0.2, 0) is 27.2 Å². The molecule has 4 rings (SSSR count). The fourth-order valence-electron chi connectivity index (χ4n) is 4.36. The number of aliphatic hydroxyl groups excluding tert-OH is 1. The van der Waals surface area contributed by atoms with Crippen molar-refractivity contribution in [3.8, 4) is 0 Å². The van der Waals surface area contributed by atoms with Crippen LogP contribution in [0.1, 0.15) is 43.2 Å². The Labute approximate surface area is 170 Å². The third-order valence-corrected chi connectivity index (χ3v) is 6.32. The number of hydrogen-bond donors (Lipinski definition) is 4. The Morgan fingerprint density at radius 1 is 1.14 bits per heavy atom. The molecule has 1 aromatic carbocycles. The molecule has 7 nitrogen and oxygen atoms in total. The molecule has 4 atom stereocenters. The van der Waals surface area contributed by atoms with E-state index in [0.29, 0.717) is 19.4 Å². The lowest BCUT2D eigenvalue weighted by molar-refractivity contribution is -0.135. The number of nitrogens with one attached hydrogen (secondary N) is 3. The second-order valence-corrected chi connectivity index (χ2v) is 8.56. The maximum atomic E-state index is 13.0. The number of benzene rings is 1. The lowest BCUT2D eigenvalue weighted by atomic mass is 9.83. The first-order valence-corrected chi connectivity index (χ1v) is 10.6. The summed E-state index contributed by atoms with van der Waals surface area (Å²) < 4.78 is 0. The number of amides is 3. The van der Waals surface area contributed by atoms with Crippen LogP contribution in [0.25, 0.3) is 0 Å². The second-order valence-electron chi connectivity index (χ2n) is 8.56. The average molecular weight is 399 g/mol. The Morgan fingerprint density at radius 2 is 1.90 bits per heavy atom. The molecule has 1 heterocycles. The molecule has 1 aromatic rings. The number of carbonyl (C=O) groups is 3. The second kappa shape index (κ2) is 8.53. The minimum atomic E-state index is -1.36. The number of fused-ring (bicyclic) bond motifs is 1. The third kappa shape index (κ3) is 4.78. The molecule has 0 bridgehead atoms. The molecule has 7 heteroatoms.